The number of pyridine rings is 1. The van der Waals surface area contributed by atoms with Gasteiger partial charge in [0, 0.05) is 18.6 Å². The number of rotatable bonds is 7. The summed E-state index contributed by atoms with van der Waals surface area (Å²) in [6.07, 6.45) is 2.60. The number of nitrogens with zero attached hydrogens (tertiary/aromatic N) is 4. The lowest BCUT2D eigenvalue weighted by molar-refractivity contribution is -0.117. The van der Waals surface area contributed by atoms with E-state index in [9.17, 15) is 14.9 Å². The molecular formula is C29H34N6O3S. The van der Waals surface area contributed by atoms with E-state index in [-0.39, 0.29) is 5.92 Å². The van der Waals surface area contributed by atoms with Gasteiger partial charge in [0.25, 0.3) is 0 Å². The molecule has 2 fully saturated rings. The number of nitrogens with one attached hydrogen (secondary N) is 1. The Morgan fingerprint density at radius 1 is 1.28 bits per heavy atom. The molecule has 1 saturated carbocycles. The molecule has 0 radical (unpaired) electrons. The Labute approximate surface area is 233 Å². The molecule has 1 aliphatic carbocycles. The number of hydrogen-bond acceptors (Lipinski definition) is 7. The number of carbonyl (C=O) groups excluding carboxylic acids is 2. The molecule has 2 amide bonds. The minimum absolute atomic E-state index is 0.123. The van der Waals surface area contributed by atoms with Crippen LogP contribution in [0.15, 0.2) is 35.4 Å². The van der Waals surface area contributed by atoms with Crippen LogP contribution in [0.2, 0.25) is 0 Å². The normalized spacial score (nSPS) is 17.4. The summed E-state index contributed by atoms with van der Waals surface area (Å²) in [6.45, 7) is 16.6. The molecule has 2 aliphatic rings. The van der Waals surface area contributed by atoms with Gasteiger partial charge in [-0.05, 0) is 70.4 Å². The van der Waals surface area contributed by atoms with Crippen LogP contribution < -0.4 is 16.0 Å². The second kappa shape index (κ2) is 11.2. The van der Waals surface area contributed by atoms with E-state index < -0.39 is 28.4 Å². The number of benzene rings is 1. The van der Waals surface area contributed by atoms with Crippen molar-refractivity contribution >= 4 is 35.3 Å². The molecule has 2 heterocycles. The zero-order chi connectivity index (χ0) is 28.4. The van der Waals surface area contributed by atoms with Gasteiger partial charge in [-0.25, -0.2) is 14.6 Å². The van der Waals surface area contributed by atoms with E-state index in [1.54, 1.807) is 0 Å². The predicted molar refractivity (Wildman–Crippen MR) is 151 cm³/mol. The van der Waals surface area contributed by atoms with Gasteiger partial charge in [-0.1, -0.05) is 42.1 Å². The Bertz CT molecular complexity index is 1330. The SMILES string of the molecule is [C-]#[N+]c1c(N2CCC(C)(NC(=O)OC(C)(C)C)CC2)nc(SC(C(N)=O)c2ccccc2)c(C#N)c1C1CC1. The van der Waals surface area contributed by atoms with Crippen molar-refractivity contribution in [1.29, 1.82) is 5.26 Å². The third-order valence-electron chi connectivity index (χ3n) is 6.93. The highest BCUT2D eigenvalue weighted by Crippen LogP contribution is 2.52. The highest BCUT2D eigenvalue weighted by molar-refractivity contribution is 8.00. The number of thioether (sulfide) groups is 1. The van der Waals surface area contributed by atoms with Gasteiger partial charge in [-0.15, -0.1) is 0 Å². The van der Waals surface area contributed by atoms with Crippen LogP contribution in [0.5, 0.6) is 0 Å². The smallest absolute Gasteiger partial charge is 0.408 e. The fraction of sp³-hybridized carbons (Fsp3) is 0.483. The number of hydrogen-bond donors (Lipinski definition) is 2. The Morgan fingerprint density at radius 3 is 2.44 bits per heavy atom. The number of piperidine rings is 1. The van der Waals surface area contributed by atoms with Crippen LogP contribution in [0, 0.1) is 17.9 Å². The van der Waals surface area contributed by atoms with Gasteiger partial charge >= 0.3 is 6.09 Å². The number of anilines is 1. The Kier molecular flexibility index (Phi) is 8.08. The van der Waals surface area contributed by atoms with Crippen molar-refractivity contribution in [2.24, 2.45) is 5.73 Å². The van der Waals surface area contributed by atoms with Crippen molar-refractivity contribution in [3.8, 4) is 6.07 Å². The van der Waals surface area contributed by atoms with Crippen LogP contribution in [0.25, 0.3) is 4.85 Å². The van der Waals surface area contributed by atoms with Gasteiger partial charge < -0.3 is 20.7 Å². The number of carbonyl (C=O) groups is 2. The van der Waals surface area contributed by atoms with Crippen molar-refractivity contribution < 1.29 is 14.3 Å². The highest BCUT2D eigenvalue weighted by atomic mass is 32.2. The summed E-state index contributed by atoms with van der Waals surface area (Å²) in [4.78, 5) is 35.7. The van der Waals surface area contributed by atoms with E-state index in [4.69, 9.17) is 22.0 Å². The first-order chi connectivity index (χ1) is 18.4. The first-order valence-corrected chi connectivity index (χ1v) is 13.9. The monoisotopic (exact) mass is 546 g/mol. The second-order valence-electron chi connectivity index (χ2n) is 11.4. The van der Waals surface area contributed by atoms with Gasteiger partial charge in [0.1, 0.15) is 27.8 Å². The van der Waals surface area contributed by atoms with Crippen molar-refractivity contribution in [1.82, 2.24) is 10.3 Å². The highest BCUT2D eigenvalue weighted by Gasteiger charge is 2.38. The zero-order valence-electron chi connectivity index (χ0n) is 22.8. The fourth-order valence-corrected chi connectivity index (χ4v) is 5.81. The molecule has 1 unspecified atom stereocenters. The van der Waals surface area contributed by atoms with Crippen LogP contribution in [0.3, 0.4) is 0 Å². The van der Waals surface area contributed by atoms with Crippen molar-refractivity contribution in [2.75, 3.05) is 18.0 Å². The van der Waals surface area contributed by atoms with Crippen molar-refractivity contribution in [2.45, 2.75) is 80.7 Å². The van der Waals surface area contributed by atoms with E-state index in [1.807, 2.05) is 62.9 Å². The van der Waals surface area contributed by atoms with Gasteiger partial charge in [-0.2, -0.15) is 5.26 Å². The quantitative estimate of drug-likeness (QED) is 0.343. The van der Waals surface area contributed by atoms with Gasteiger partial charge in [-0.3, -0.25) is 4.79 Å². The number of primary amides is 1. The van der Waals surface area contributed by atoms with Gasteiger partial charge in [0.05, 0.1) is 12.1 Å². The molecule has 2 aromatic rings. The number of nitriles is 1. The van der Waals surface area contributed by atoms with Crippen molar-refractivity contribution in [3.05, 3.63) is 58.4 Å². The third kappa shape index (κ3) is 6.63. The molecule has 1 aromatic carbocycles. The summed E-state index contributed by atoms with van der Waals surface area (Å²) in [5, 5.41) is 12.9. The molecule has 1 aromatic heterocycles. The Morgan fingerprint density at radius 2 is 1.92 bits per heavy atom. The summed E-state index contributed by atoms with van der Waals surface area (Å²) < 4.78 is 5.45. The number of aromatic nitrogens is 1. The molecule has 10 heteroatoms. The largest absolute Gasteiger partial charge is 0.444 e. The lowest BCUT2D eigenvalue weighted by atomic mass is 9.89. The topological polar surface area (TPSA) is 126 Å². The molecular weight excluding hydrogens is 512 g/mol. The molecule has 1 atom stereocenters. The van der Waals surface area contributed by atoms with E-state index >= 15 is 0 Å². The standard InChI is InChI=1S/C29H34N6O3S/c1-28(2,3)38-27(37)34-29(4)13-15-35(16-14-29)25-22(32-5)21(18-11-12-18)20(17-30)26(33-25)39-23(24(31)36)19-9-7-6-8-10-19/h6-10,18,23H,11-16H2,1-4H3,(H2,31,36)(H,34,37). The maximum atomic E-state index is 12.5. The lowest BCUT2D eigenvalue weighted by Crippen LogP contribution is -2.54. The minimum Gasteiger partial charge on any atom is -0.444 e. The summed E-state index contributed by atoms with van der Waals surface area (Å²) in [7, 11) is 0. The Hall–Kier alpha value is -3.76. The lowest BCUT2D eigenvalue weighted by Gasteiger charge is -2.41. The minimum atomic E-state index is -0.729. The second-order valence-corrected chi connectivity index (χ2v) is 12.5. The Balaban J connectivity index is 1.66. The first-order valence-electron chi connectivity index (χ1n) is 13.1. The molecule has 204 valence electrons. The van der Waals surface area contributed by atoms with Crippen LogP contribution in [-0.4, -0.2) is 41.2 Å². The maximum absolute atomic E-state index is 12.5. The van der Waals surface area contributed by atoms with E-state index in [0.717, 1.165) is 35.7 Å². The number of nitrogens with two attached hydrogens (primary N) is 1. The summed E-state index contributed by atoms with van der Waals surface area (Å²) >= 11 is 1.16. The van der Waals surface area contributed by atoms with E-state index in [2.05, 4.69) is 16.2 Å². The average molecular weight is 547 g/mol. The summed E-state index contributed by atoms with van der Waals surface area (Å²) in [6, 6.07) is 11.5. The zero-order valence-corrected chi connectivity index (χ0v) is 23.6. The summed E-state index contributed by atoms with van der Waals surface area (Å²) in [5.41, 5.74) is 6.93. The average Bonchev–Trinajstić information content (AvgIpc) is 3.71. The first kappa shape index (κ1) is 28.3. The molecule has 1 saturated heterocycles. The molecule has 1 aliphatic heterocycles. The number of ether oxygens (including phenoxy) is 1. The molecule has 39 heavy (non-hydrogen) atoms. The molecule has 3 N–H and O–H groups in total. The van der Waals surface area contributed by atoms with Gasteiger partial charge in [0.2, 0.25) is 11.6 Å². The molecule has 4 rings (SSSR count). The fourth-order valence-electron chi connectivity index (χ4n) is 4.77. The number of amides is 2. The number of alkyl carbamates (subject to hydrolysis) is 1. The maximum Gasteiger partial charge on any atom is 0.408 e. The third-order valence-corrected chi connectivity index (χ3v) is 8.19. The van der Waals surface area contributed by atoms with E-state index in [1.165, 1.54) is 0 Å². The van der Waals surface area contributed by atoms with Crippen molar-refractivity contribution in [3.63, 3.8) is 0 Å². The van der Waals surface area contributed by atoms with Crippen LogP contribution in [0.1, 0.15) is 81.2 Å². The summed E-state index contributed by atoms with van der Waals surface area (Å²) in [5.74, 6) is 0.115. The predicted octanol–water partition coefficient (Wildman–Crippen LogP) is 5.58. The van der Waals surface area contributed by atoms with Crippen LogP contribution in [-0.2, 0) is 9.53 Å². The van der Waals surface area contributed by atoms with E-state index in [0.29, 0.717) is 48.0 Å². The van der Waals surface area contributed by atoms with Gasteiger partial charge in [0.15, 0.2) is 0 Å². The molecule has 9 nitrogen and oxygen atoms in total. The van der Waals surface area contributed by atoms with Crippen LogP contribution >= 0.6 is 11.8 Å². The molecule has 0 spiro atoms. The molecule has 0 bridgehead atoms. The van der Waals surface area contributed by atoms with Crippen LogP contribution in [0.4, 0.5) is 16.3 Å².